The normalized spacial score (nSPS) is 14.4. The molecule has 0 saturated carbocycles. The van der Waals surface area contributed by atoms with Gasteiger partial charge in [0.25, 0.3) is 0 Å². The molecule has 2 aromatic heterocycles. The number of fused-ring (bicyclic) bond motifs is 2. The lowest BCUT2D eigenvalue weighted by Gasteiger charge is -2.22. The Hall–Kier alpha value is -2.54. The number of nitrogens with zero attached hydrogens (tertiary/aromatic N) is 2. The van der Waals surface area contributed by atoms with Crippen LogP contribution in [0.1, 0.15) is 30.6 Å². The largest absolute Gasteiger partial charge is 0.486 e. The molecule has 130 valence electrons. The summed E-state index contributed by atoms with van der Waals surface area (Å²) in [5.74, 6) is 1.47. The van der Waals surface area contributed by atoms with E-state index in [2.05, 4.69) is 10.3 Å². The van der Waals surface area contributed by atoms with Crippen molar-refractivity contribution in [1.82, 2.24) is 14.7 Å². The van der Waals surface area contributed by atoms with Gasteiger partial charge in [0.1, 0.15) is 13.2 Å². The molecule has 1 aromatic carbocycles. The Morgan fingerprint density at radius 1 is 1.36 bits per heavy atom. The molecule has 3 aromatic rings. The molecule has 1 aliphatic heterocycles. The third-order valence-electron chi connectivity index (χ3n) is 4.20. The maximum atomic E-state index is 12.4. The van der Waals surface area contributed by atoms with E-state index < -0.39 is 0 Å². The fourth-order valence-corrected chi connectivity index (χ4v) is 3.69. The molecule has 1 aliphatic rings. The Bertz CT molecular complexity index is 873. The van der Waals surface area contributed by atoms with Crippen LogP contribution in [0.4, 0.5) is 0 Å². The van der Waals surface area contributed by atoms with E-state index in [0.29, 0.717) is 13.2 Å². The second-order valence-corrected chi connectivity index (χ2v) is 6.81. The maximum Gasteiger partial charge on any atom is 0.226 e. The molecule has 0 radical (unpaired) electrons. The minimum Gasteiger partial charge on any atom is -0.486 e. The van der Waals surface area contributed by atoms with Gasteiger partial charge >= 0.3 is 0 Å². The van der Waals surface area contributed by atoms with Crippen molar-refractivity contribution in [2.75, 3.05) is 13.2 Å². The summed E-state index contributed by atoms with van der Waals surface area (Å²) in [5.41, 5.74) is 1.80. The van der Waals surface area contributed by atoms with E-state index in [1.54, 1.807) is 11.3 Å². The number of benzene rings is 1. The Morgan fingerprint density at radius 2 is 2.20 bits per heavy atom. The molecule has 7 heteroatoms. The highest BCUT2D eigenvalue weighted by molar-refractivity contribution is 7.15. The van der Waals surface area contributed by atoms with E-state index in [0.717, 1.165) is 34.1 Å². The number of rotatable bonds is 5. The first-order valence-corrected chi connectivity index (χ1v) is 9.21. The van der Waals surface area contributed by atoms with Gasteiger partial charge in [-0.3, -0.25) is 9.20 Å². The van der Waals surface area contributed by atoms with Gasteiger partial charge in [-0.05, 0) is 24.1 Å². The number of hydrogen-bond donors (Lipinski definition) is 1. The van der Waals surface area contributed by atoms with Gasteiger partial charge in [0.05, 0.1) is 18.2 Å². The SMILES string of the molecule is CCC(NC(=O)Cc1cn2ccsc2n1)c1ccc2c(c1)OCCO2. The molecule has 1 atom stereocenters. The van der Waals surface area contributed by atoms with Crippen molar-refractivity contribution in [3.8, 4) is 11.5 Å². The molecule has 1 N–H and O–H groups in total. The van der Waals surface area contributed by atoms with Crippen molar-refractivity contribution >= 4 is 22.2 Å². The predicted molar refractivity (Wildman–Crippen MR) is 95.4 cm³/mol. The average molecular weight is 357 g/mol. The highest BCUT2D eigenvalue weighted by Crippen LogP contribution is 2.33. The predicted octanol–water partition coefficient (Wildman–Crippen LogP) is 2.98. The lowest BCUT2D eigenvalue weighted by Crippen LogP contribution is -2.29. The summed E-state index contributed by atoms with van der Waals surface area (Å²) in [5, 5.41) is 5.07. The topological polar surface area (TPSA) is 64.9 Å². The third-order valence-corrected chi connectivity index (χ3v) is 4.97. The number of aromatic nitrogens is 2. The van der Waals surface area contributed by atoms with Gasteiger partial charge in [0.15, 0.2) is 16.5 Å². The van der Waals surface area contributed by atoms with Crippen molar-refractivity contribution in [2.45, 2.75) is 25.8 Å². The molecule has 0 spiro atoms. The van der Waals surface area contributed by atoms with Crippen molar-refractivity contribution in [2.24, 2.45) is 0 Å². The summed E-state index contributed by atoms with van der Waals surface area (Å²) < 4.78 is 13.1. The lowest BCUT2D eigenvalue weighted by atomic mass is 10.0. The van der Waals surface area contributed by atoms with E-state index in [1.165, 1.54) is 0 Å². The van der Waals surface area contributed by atoms with Crippen LogP contribution in [0.25, 0.3) is 4.96 Å². The molecule has 0 bridgehead atoms. The minimum atomic E-state index is -0.0629. The molecular weight excluding hydrogens is 338 g/mol. The molecule has 0 aliphatic carbocycles. The molecule has 25 heavy (non-hydrogen) atoms. The molecule has 0 saturated heterocycles. The van der Waals surface area contributed by atoms with Crippen molar-refractivity contribution in [3.63, 3.8) is 0 Å². The van der Waals surface area contributed by atoms with Gasteiger partial charge in [0, 0.05) is 17.8 Å². The fourth-order valence-electron chi connectivity index (χ4n) is 2.97. The van der Waals surface area contributed by atoms with Crippen molar-refractivity contribution < 1.29 is 14.3 Å². The van der Waals surface area contributed by atoms with E-state index in [-0.39, 0.29) is 18.4 Å². The number of nitrogens with one attached hydrogen (secondary N) is 1. The first-order chi connectivity index (χ1) is 12.2. The van der Waals surface area contributed by atoms with Crippen molar-refractivity contribution in [3.05, 3.63) is 47.2 Å². The number of hydrogen-bond acceptors (Lipinski definition) is 5. The van der Waals surface area contributed by atoms with Crippen LogP contribution in [0.3, 0.4) is 0 Å². The molecule has 1 amide bonds. The number of imidazole rings is 1. The Morgan fingerprint density at radius 3 is 3.00 bits per heavy atom. The average Bonchev–Trinajstić information content (AvgIpc) is 3.20. The highest BCUT2D eigenvalue weighted by Gasteiger charge is 2.18. The molecular formula is C18H19N3O3S. The van der Waals surface area contributed by atoms with Crippen LogP contribution in [0, 0.1) is 0 Å². The Labute approximate surface area is 149 Å². The van der Waals surface area contributed by atoms with Gasteiger partial charge in [-0.25, -0.2) is 4.98 Å². The molecule has 4 rings (SSSR count). The summed E-state index contributed by atoms with van der Waals surface area (Å²) in [6.07, 6.45) is 4.91. The number of carbonyl (C=O) groups is 1. The number of ether oxygens (including phenoxy) is 2. The minimum absolute atomic E-state index is 0.0347. The monoisotopic (exact) mass is 357 g/mol. The summed E-state index contributed by atoms with van der Waals surface area (Å²) in [7, 11) is 0. The molecule has 0 fully saturated rings. The van der Waals surface area contributed by atoms with Crippen LogP contribution in [-0.2, 0) is 11.2 Å². The lowest BCUT2D eigenvalue weighted by molar-refractivity contribution is -0.121. The maximum absolute atomic E-state index is 12.4. The van der Waals surface area contributed by atoms with Gasteiger partial charge in [0.2, 0.25) is 5.91 Å². The Kier molecular flexibility index (Phi) is 4.31. The van der Waals surface area contributed by atoms with E-state index in [4.69, 9.17) is 9.47 Å². The van der Waals surface area contributed by atoms with Crippen LogP contribution in [0.2, 0.25) is 0 Å². The first kappa shape index (κ1) is 16.0. The smallest absolute Gasteiger partial charge is 0.226 e. The van der Waals surface area contributed by atoms with E-state index >= 15 is 0 Å². The highest BCUT2D eigenvalue weighted by atomic mass is 32.1. The summed E-state index contributed by atoms with van der Waals surface area (Å²) in [6, 6.07) is 5.78. The van der Waals surface area contributed by atoms with Crippen LogP contribution in [0.5, 0.6) is 11.5 Å². The molecule has 6 nitrogen and oxygen atoms in total. The molecule has 1 unspecified atom stereocenters. The van der Waals surface area contributed by atoms with Crippen LogP contribution in [-0.4, -0.2) is 28.5 Å². The number of amides is 1. The van der Waals surface area contributed by atoms with E-state index in [9.17, 15) is 4.79 Å². The first-order valence-electron chi connectivity index (χ1n) is 8.33. The van der Waals surface area contributed by atoms with Gasteiger partial charge in [-0.15, -0.1) is 11.3 Å². The third kappa shape index (κ3) is 3.32. The quantitative estimate of drug-likeness (QED) is 0.762. The number of thiazole rings is 1. The Balaban J connectivity index is 1.45. The van der Waals surface area contributed by atoms with Crippen molar-refractivity contribution in [1.29, 1.82) is 0 Å². The van der Waals surface area contributed by atoms with Crippen LogP contribution >= 0.6 is 11.3 Å². The van der Waals surface area contributed by atoms with Gasteiger partial charge in [-0.2, -0.15) is 0 Å². The standard InChI is InChI=1S/C18H19N3O3S/c1-2-14(12-3-4-15-16(9-12)24-7-6-23-15)20-17(22)10-13-11-21-5-8-25-18(21)19-13/h3-5,8-9,11,14H,2,6-7,10H2,1H3,(H,20,22). The van der Waals surface area contributed by atoms with Gasteiger partial charge in [-0.1, -0.05) is 13.0 Å². The van der Waals surface area contributed by atoms with E-state index in [1.807, 2.05) is 47.3 Å². The van der Waals surface area contributed by atoms with Crippen LogP contribution < -0.4 is 14.8 Å². The molecule has 3 heterocycles. The fraction of sp³-hybridized carbons (Fsp3) is 0.333. The van der Waals surface area contributed by atoms with Gasteiger partial charge < -0.3 is 14.8 Å². The zero-order valence-electron chi connectivity index (χ0n) is 13.9. The zero-order chi connectivity index (χ0) is 17.2. The summed E-state index contributed by atoms with van der Waals surface area (Å²) >= 11 is 1.56. The summed E-state index contributed by atoms with van der Waals surface area (Å²) in [6.45, 7) is 3.17. The second-order valence-electron chi connectivity index (χ2n) is 5.93. The number of carbonyl (C=O) groups excluding carboxylic acids is 1. The zero-order valence-corrected chi connectivity index (χ0v) is 14.7. The second kappa shape index (κ2) is 6.76. The summed E-state index contributed by atoms with van der Waals surface area (Å²) in [4.78, 5) is 17.8. The van der Waals surface area contributed by atoms with Crippen LogP contribution in [0.15, 0.2) is 36.0 Å².